The number of methoxy groups -OCH3 is 1. The summed E-state index contributed by atoms with van der Waals surface area (Å²) in [5.41, 5.74) is 0.482. The maximum Gasteiger partial charge on any atom is 0.341 e. The van der Waals surface area contributed by atoms with Crippen LogP contribution >= 0.6 is 0 Å². The van der Waals surface area contributed by atoms with E-state index >= 15 is 4.39 Å². The molecule has 20 nitrogen and oxygen atoms in total. The number of carboxylic acids is 1. The smallest absolute Gasteiger partial charge is 0.341 e. The number of aryl methyl sites for hydroxylation is 1. The quantitative estimate of drug-likeness (QED) is 0.0381. The van der Waals surface area contributed by atoms with E-state index < -0.39 is 106 Å². The fourth-order valence-electron chi connectivity index (χ4n) is 12.8. The molecule has 1 amide bonds. The van der Waals surface area contributed by atoms with Crippen LogP contribution in [0.25, 0.3) is 16.3 Å². The number of phenolic OH excluding ortho intramolecular Hbond substituents is 3. The highest BCUT2D eigenvalue weighted by molar-refractivity contribution is 6.24. The number of hydrogen-bond acceptors (Lipinski definition) is 17. The van der Waals surface area contributed by atoms with Crippen LogP contribution in [0.4, 0.5) is 15.8 Å². The number of aromatic hydroxyl groups is 3. The van der Waals surface area contributed by atoms with Gasteiger partial charge in [-0.2, -0.15) is 5.10 Å². The molecule has 7 heterocycles. The number of ether oxygens (including phenoxy) is 4. The summed E-state index contributed by atoms with van der Waals surface area (Å²) in [4.78, 5) is 68.6. The summed E-state index contributed by atoms with van der Waals surface area (Å²) >= 11 is 0. The number of allylic oxidation sites excluding steroid dienone is 2. The number of phenols is 3. The second-order valence-electron chi connectivity index (χ2n) is 23.2. The number of esters is 1. The lowest BCUT2D eigenvalue weighted by Crippen LogP contribution is -2.46. The average Bonchev–Trinajstić information content (AvgIpc) is 4.04. The van der Waals surface area contributed by atoms with Gasteiger partial charge in [0, 0.05) is 87.3 Å². The van der Waals surface area contributed by atoms with Crippen LogP contribution in [0.15, 0.2) is 58.3 Å². The Labute approximate surface area is 474 Å². The molecule has 1 aliphatic carbocycles. The molecule has 440 valence electrons. The zero-order chi connectivity index (χ0) is 59.5. The van der Waals surface area contributed by atoms with Crippen LogP contribution in [-0.2, 0) is 23.8 Å². The van der Waals surface area contributed by atoms with Crippen molar-refractivity contribution in [2.24, 2.45) is 40.6 Å². The summed E-state index contributed by atoms with van der Waals surface area (Å²) in [7, 11) is 1.42. The molecular weight excluding hydrogens is 1060 g/mol. The lowest BCUT2D eigenvalue weighted by atomic mass is 9.78. The van der Waals surface area contributed by atoms with Crippen LogP contribution in [0.1, 0.15) is 129 Å². The number of benzene rings is 2. The number of nitrogens with one attached hydrogen (secondary N) is 1. The summed E-state index contributed by atoms with van der Waals surface area (Å²) in [5.74, 6) is -10.4. The number of rotatable bonds is 8. The third-order valence-corrected chi connectivity index (χ3v) is 17.8. The van der Waals surface area contributed by atoms with Gasteiger partial charge in [0.1, 0.15) is 28.9 Å². The Morgan fingerprint density at radius 2 is 1.56 bits per heavy atom. The predicted octanol–water partition coefficient (Wildman–Crippen LogP) is 7.96. The molecule has 1 saturated carbocycles. The topological polar surface area (TPSA) is 279 Å². The highest BCUT2D eigenvalue weighted by Gasteiger charge is 2.50. The number of piperidine rings is 1. The largest absolute Gasteiger partial charge is 0.507 e. The molecule has 0 spiro atoms. The van der Waals surface area contributed by atoms with Crippen molar-refractivity contribution in [3.8, 4) is 23.0 Å². The molecule has 2 saturated heterocycles. The van der Waals surface area contributed by atoms with E-state index in [0.29, 0.717) is 42.9 Å². The molecular formula is C61H74FN5O15. The summed E-state index contributed by atoms with van der Waals surface area (Å²) < 4.78 is 41.1. The highest BCUT2D eigenvalue weighted by atomic mass is 19.1. The van der Waals surface area contributed by atoms with Crippen LogP contribution < -0.4 is 20.5 Å². The second kappa shape index (κ2) is 23.0. The number of halogens is 1. The molecule has 0 radical (unpaired) electrons. The molecule has 1 unspecified atom stereocenters. The van der Waals surface area contributed by atoms with E-state index in [9.17, 15) is 54.6 Å². The van der Waals surface area contributed by atoms with Crippen LogP contribution in [0.5, 0.6) is 23.0 Å². The van der Waals surface area contributed by atoms with E-state index in [0.717, 1.165) is 48.3 Å². The van der Waals surface area contributed by atoms with Gasteiger partial charge >= 0.3 is 17.7 Å². The van der Waals surface area contributed by atoms with Crippen molar-refractivity contribution < 1.29 is 73.2 Å². The number of ketones is 1. The van der Waals surface area contributed by atoms with Crippen molar-refractivity contribution in [2.45, 2.75) is 131 Å². The average molecular weight is 1140 g/mol. The third-order valence-electron chi connectivity index (χ3n) is 17.8. The van der Waals surface area contributed by atoms with Gasteiger partial charge < -0.3 is 59.8 Å². The fraction of sp³-hybridized carbons (Fsp3) is 0.508. The SMILES string of the molecule is CO[C@H]1/C=C/O[C@@]2(C)Oc3c(C)c(O)c4c(O)c(c(/C=N\N5CCC(C6CCN(c7c(F)cn8c(=O)c(C(=O)O)cc(C9CC9)c8c7C)CC6)C5)c(O)c4c3C2=O)NC(=O)/C(C)=C\C=C\[C@H](C)[C@H](O)[C@@H](C)[C@@H](O)[C@@H](C)[C@H](OC(C)=O)[C@@H]1C. The van der Waals surface area contributed by atoms with E-state index in [1.807, 2.05) is 4.90 Å². The Morgan fingerprint density at radius 1 is 0.878 bits per heavy atom. The van der Waals surface area contributed by atoms with Gasteiger partial charge in [-0.1, -0.05) is 45.9 Å². The van der Waals surface area contributed by atoms with Crippen LogP contribution in [0.2, 0.25) is 0 Å². The van der Waals surface area contributed by atoms with E-state index in [1.165, 1.54) is 65.5 Å². The van der Waals surface area contributed by atoms with Gasteiger partial charge in [-0.05, 0) is 93.9 Å². The first-order chi connectivity index (χ1) is 38.8. The van der Waals surface area contributed by atoms with Gasteiger partial charge in [0.25, 0.3) is 17.2 Å². The molecule has 7 N–H and O–H groups in total. The lowest BCUT2D eigenvalue weighted by Gasteiger charge is -2.38. The molecule has 5 bridgehead atoms. The number of carbonyl (C=O) groups excluding carboxylic acids is 3. The first-order valence-electron chi connectivity index (χ1n) is 28.0. The van der Waals surface area contributed by atoms with Gasteiger partial charge in [0.05, 0.1) is 70.4 Å². The number of aromatic nitrogens is 1. The number of Topliss-reactive ketones (excluding diaryl/α,β-unsaturated/α-hetero) is 1. The van der Waals surface area contributed by atoms with Gasteiger partial charge in [-0.15, -0.1) is 0 Å². The van der Waals surface area contributed by atoms with Gasteiger partial charge in [0.2, 0.25) is 0 Å². The monoisotopic (exact) mass is 1140 g/mol. The standard InChI is InChI=1S/C61H74FN5O15/c1-28-12-11-13-29(2)58(75)64-47-41(25-63-66-22-18-38(26-66)36-16-20-65(21-17-36)49-31(4)48-39(37-14-15-37)24-40(60(77)78)59(76)67(48)27-42(49)62)53(72)44-45(54(47)73)52(71)34(7)56-46(44)57(74)61(9,82-56)80-23-19-43(79-10)30(3)55(81-35(8)68)33(6)51(70)32(5)50(28)69/h11-13,19,23-25,27-28,30,32-33,36-38,43,50-51,55,69-73H,14-18,20-22,26H2,1-10H3,(H,64,75)(H,77,78)/b12-11+,23-19+,29-13-,63-25-/t28-,30+,32+,33+,38?,43-,50-,51+,55+,61-/m0/s1. The summed E-state index contributed by atoms with van der Waals surface area (Å²) in [6.07, 6.45) is 9.59. The van der Waals surface area contributed by atoms with Crippen molar-refractivity contribution in [3.63, 3.8) is 0 Å². The zero-order valence-corrected chi connectivity index (χ0v) is 47.9. The minimum absolute atomic E-state index is 0.0140. The number of nitrogens with zero attached hydrogens (tertiary/aromatic N) is 4. The third kappa shape index (κ3) is 10.8. The normalized spacial score (nSPS) is 29.2. The van der Waals surface area contributed by atoms with E-state index in [1.54, 1.807) is 51.8 Å². The number of carboxylic acid groups (broad SMARTS) is 1. The number of carbonyl (C=O) groups is 4. The first-order valence-corrected chi connectivity index (χ1v) is 28.0. The van der Waals surface area contributed by atoms with Crippen LogP contribution in [-0.4, -0.2) is 133 Å². The Balaban J connectivity index is 1.03. The van der Waals surface area contributed by atoms with Gasteiger partial charge in [-0.25, -0.2) is 9.18 Å². The second-order valence-corrected chi connectivity index (χ2v) is 23.2. The number of hydrazone groups is 1. The lowest BCUT2D eigenvalue weighted by molar-refractivity contribution is -0.160. The Hall–Kier alpha value is -7.49. The molecule has 2 aromatic carbocycles. The van der Waals surface area contributed by atoms with E-state index in [4.69, 9.17) is 24.0 Å². The molecule has 21 heteroatoms. The molecule has 5 aliphatic heterocycles. The van der Waals surface area contributed by atoms with Crippen molar-refractivity contribution >= 4 is 57.5 Å². The predicted molar refractivity (Wildman–Crippen MR) is 303 cm³/mol. The van der Waals surface area contributed by atoms with Crippen molar-refractivity contribution in [1.82, 2.24) is 9.41 Å². The van der Waals surface area contributed by atoms with Gasteiger partial charge in [-0.3, -0.25) is 28.6 Å². The Kier molecular flexibility index (Phi) is 16.6. The maximum atomic E-state index is 16.1. The molecule has 3 fully saturated rings. The number of anilines is 2. The molecule has 10 atom stereocenters. The number of aromatic carboxylic acids is 1. The maximum absolute atomic E-state index is 16.1. The number of aliphatic hydroxyl groups excluding tert-OH is 2. The summed E-state index contributed by atoms with van der Waals surface area (Å²) in [5, 5.41) is 78.1. The number of pyridine rings is 2. The number of hydrogen-bond donors (Lipinski definition) is 7. The fourth-order valence-corrected chi connectivity index (χ4v) is 12.8. The molecule has 4 aromatic rings. The molecule has 6 aliphatic rings. The summed E-state index contributed by atoms with van der Waals surface area (Å²) in [6.45, 7) is 16.2. The van der Waals surface area contributed by atoms with Crippen LogP contribution in [0, 0.1) is 55.2 Å². The van der Waals surface area contributed by atoms with Crippen molar-refractivity contribution in [1.29, 1.82) is 0 Å². The van der Waals surface area contributed by atoms with Crippen LogP contribution in [0.3, 0.4) is 0 Å². The molecule has 82 heavy (non-hydrogen) atoms. The van der Waals surface area contributed by atoms with E-state index in [2.05, 4.69) is 5.32 Å². The number of fused-ring (bicyclic) bond motifs is 15. The highest BCUT2D eigenvalue weighted by Crippen LogP contribution is 2.55. The molecule has 10 rings (SSSR count). The van der Waals surface area contributed by atoms with E-state index in [-0.39, 0.29) is 67.8 Å². The minimum atomic E-state index is -2.11. The van der Waals surface area contributed by atoms with Crippen molar-refractivity contribution in [2.75, 3.05) is 43.5 Å². The van der Waals surface area contributed by atoms with Gasteiger partial charge in [0.15, 0.2) is 11.6 Å². The zero-order valence-electron chi connectivity index (χ0n) is 47.9. The molecule has 2 aromatic heterocycles. The first kappa shape index (κ1) is 59.1. The minimum Gasteiger partial charge on any atom is -0.507 e. The van der Waals surface area contributed by atoms with Crippen molar-refractivity contribution in [3.05, 3.63) is 98.0 Å². The summed E-state index contributed by atoms with van der Waals surface area (Å²) in [6, 6.07) is 1.45. The Morgan fingerprint density at radius 3 is 2.21 bits per heavy atom. The Bertz CT molecular complexity index is 3430. The number of amides is 1. The number of aliphatic hydroxyl groups is 2.